The summed E-state index contributed by atoms with van der Waals surface area (Å²) >= 11 is 0. The molecule has 0 aliphatic rings. The number of amides is 1. The summed E-state index contributed by atoms with van der Waals surface area (Å²) in [5, 5.41) is 13.4. The van der Waals surface area contributed by atoms with E-state index in [0.717, 1.165) is 18.2 Å². The van der Waals surface area contributed by atoms with Gasteiger partial charge in [0, 0.05) is 25.1 Å². The fourth-order valence-corrected chi connectivity index (χ4v) is 1.70. The summed E-state index contributed by atoms with van der Waals surface area (Å²) in [7, 11) is 0. The molecule has 8 heteroatoms. The summed E-state index contributed by atoms with van der Waals surface area (Å²) in [4.78, 5) is 21.7. The Kier molecular flexibility index (Phi) is 6.29. The van der Waals surface area contributed by atoms with Crippen LogP contribution in [0.25, 0.3) is 0 Å². The second-order valence-corrected chi connectivity index (χ2v) is 6.01. The zero-order chi connectivity index (χ0) is 17.6. The number of alkyl carbamates (subject to hydrolysis) is 1. The highest BCUT2D eigenvalue weighted by Gasteiger charge is 2.19. The molecule has 0 spiro atoms. The van der Waals surface area contributed by atoms with Gasteiger partial charge in [0.1, 0.15) is 11.4 Å². The van der Waals surface area contributed by atoms with Crippen LogP contribution in [0.4, 0.5) is 14.9 Å². The first kappa shape index (κ1) is 18.7. The Labute approximate surface area is 133 Å². The number of nitro groups is 1. The van der Waals surface area contributed by atoms with Gasteiger partial charge in [-0.3, -0.25) is 10.1 Å². The first-order chi connectivity index (χ1) is 10.6. The van der Waals surface area contributed by atoms with Gasteiger partial charge in [-0.15, -0.1) is 0 Å². The second-order valence-electron chi connectivity index (χ2n) is 6.01. The summed E-state index contributed by atoms with van der Waals surface area (Å²) in [6.07, 6.45) is -0.626. The van der Waals surface area contributed by atoms with E-state index in [4.69, 9.17) is 9.47 Å². The van der Waals surface area contributed by atoms with Gasteiger partial charge < -0.3 is 14.8 Å². The van der Waals surface area contributed by atoms with E-state index in [0.29, 0.717) is 6.42 Å². The first-order valence-electron chi connectivity index (χ1n) is 7.16. The molecule has 1 aromatic carbocycles. The molecule has 0 saturated carbocycles. The number of hydrogen-bond donors (Lipinski definition) is 1. The summed E-state index contributed by atoms with van der Waals surface area (Å²) in [5.41, 5.74) is -0.896. The normalized spacial score (nSPS) is 12.4. The van der Waals surface area contributed by atoms with Gasteiger partial charge >= 0.3 is 11.8 Å². The summed E-state index contributed by atoms with van der Waals surface area (Å²) in [6.45, 7) is 7.19. The lowest BCUT2D eigenvalue weighted by atomic mass is 10.2. The molecule has 0 fully saturated rings. The van der Waals surface area contributed by atoms with Crippen LogP contribution in [-0.2, 0) is 4.74 Å². The molecule has 0 radical (unpaired) electrons. The predicted octanol–water partition coefficient (Wildman–Crippen LogP) is 3.42. The SMILES string of the molecule is CC(CCNC(=O)OC(C)(C)C)Oc1cc(F)ccc1[N+](=O)[O-]. The number of rotatable bonds is 6. The van der Waals surface area contributed by atoms with Crippen molar-refractivity contribution in [3.63, 3.8) is 0 Å². The quantitative estimate of drug-likeness (QED) is 0.638. The number of ether oxygens (including phenoxy) is 2. The average molecular weight is 328 g/mol. The Morgan fingerprint density at radius 2 is 2.09 bits per heavy atom. The minimum absolute atomic E-state index is 0.139. The molecule has 23 heavy (non-hydrogen) atoms. The molecule has 1 N–H and O–H groups in total. The van der Waals surface area contributed by atoms with Crippen LogP contribution in [0.2, 0.25) is 0 Å². The summed E-state index contributed by atoms with van der Waals surface area (Å²) in [6, 6.07) is 3.02. The van der Waals surface area contributed by atoms with Gasteiger partial charge in [-0.05, 0) is 33.8 Å². The lowest BCUT2D eigenvalue weighted by molar-refractivity contribution is -0.386. The monoisotopic (exact) mass is 328 g/mol. The molecule has 0 heterocycles. The van der Waals surface area contributed by atoms with Crippen LogP contribution in [0.15, 0.2) is 18.2 Å². The highest BCUT2D eigenvalue weighted by Crippen LogP contribution is 2.28. The second kappa shape index (κ2) is 7.75. The number of halogens is 1. The first-order valence-corrected chi connectivity index (χ1v) is 7.16. The van der Waals surface area contributed by atoms with Crippen molar-refractivity contribution in [3.05, 3.63) is 34.1 Å². The highest BCUT2D eigenvalue weighted by molar-refractivity contribution is 5.67. The maximum atomic E-state index is 13.2. The molecular weight excluding hydrogens is 307 g/mol. The fourth-order valence-electron chi connectivity index (χ4n) is 1.70. The van der Waals surface area contributed by atoms with Crippen molar-refractivity contribution in [2.45, 2.75) is 45.8 Å². The molecule has 128 valence electrons. The molecule has 1 rings (SSSR count). The minimum Gasteiger partial charge on any atom is -0.484 e. The molecule has 7 nitrogen and oxygen atoms in total. The lowest BCUT2D eigenvalue weighted by Gasteiger charge is -2.20. The van der Waals surface area contributed by atoms with Crippen LogP contribution in [0.5, 0.6) is 5.75 Å². The molecular formula is C15H21FN2O5. The van der Waals surface area contributed by atoms with Crippen LogP contribution in [0, 0.1) is 15.9 Å². The Balaban J connectivity index is 2.51. The average Bonchev–Trinajstić information content (AvgIpc) is 2.35. The highest BCUT2D eigenvalue weighted by atomic mass is 19.1. The third-order valence-corrected chi connectivity index (χ3v) is 2.67. The van der Waals surface area contributed by atoms with E-state index in [1.54, 1.807) is 27.7 Å². The third-order valence-electron chi connectivity index (χ3n) is 2.67. The van der Waals surface area contributed by atoms with Crippen molar-refractivity contribution < 1.29 is 23.6 Å². The maximum absolute atomic E-state index is 13.2. The van der Waals surface area contributed by atoms with E-state index in [9.17, 15) is 19.3 Å². The van der Waals surface area contributed by atoms with E-state index in [1.165, 1.54) is 0 Å². The summed E-state index contributed by atoms with van der Waals surface area (Å²) < 4.78 is 23.7. The van der Waals surface area contributed by atoms with Gasteiger partial charge in [-0.1, -0.05) is 0 Å². The predicted molar refractivity (Wildman–Crippen MR) is 82.0 cm³/mol. The van der Waals surface area contributed by atoms with Crippen LogP contribution in [0.3, 0.4) is 0 Å². The van der Waals surface area contributed by atoms with Crippen molar-refractivity contribution in [3.8, 4) is 5.75 Å². The third kappa shape index (κ3) is 6.94. The molecule has 0 aromatic heterocycles. The zero-order valence-corrected chi connectivity index (χ0v) is 13.6. The van der Waals surface area contributed by atoms with E-state index >= 15 is 0 Å². The number of hydrogen-bond acceptors (Lipinski definition) is 5. The van der Waals surface area contributed by atoms with Crippen molar-refractivity contribution in [2.75, 3.05) is 6.54 Å². The molecule has 1 amide bonds. The van der Waals surface area contributed by atoms with Crippen LogP contribution in [-0.4, -0.2) is 29.3 Å². The molecule has 1 atom stereocenters. The smallest absolute Gasteiger partial charge is 0.407 e. The number of nitrogens with zero attached hydrogens (tertiary/aromatic N) is 1. The number of nitro benzene ring substituents is 1. The largest absolute Gasteiger partial charge is 0.484 e. The molecule has 0 saturated heterocycles. The Bertz CT molecular complexity index is 571. The number of carbonyl (C=O) groups is 1. The van der Waals surface area contributed by atoms with E-state index in [2.05, 4.69) is 5.32 Å². The lowest BCUT2D eigenvalue weighted by Crippen LogP contribution is -2.34. The van der Waals surface area contributed by atoms with Gasteiger partial charge in [0.25, 0.3) is 0 Å². The number of carbonyl (C=O) groups excluding carboxylic acids is 1. The van der Waals surface area contributed by atoms with Crippen LogP contribution in [0.1, 0.15) is 34.1 Å². The van der Waals surface area contributed by atoms with E-state index < -0.39 is 28.5 Å². The minimum atomic E-state index is -0.638. The van der Waals surface area contributed by atoms with Crippen molar-refractivity contribution in [1.29, 1.82) is 0 Å². The zero-order valence-electron chi connectivity index (χ0n) is 13.6. The molecule has 0 bridgehead atoms. The fraction of sp³-hybridized carbons (Fsp3) is 0.533. The maximum Gasteiger partial charge on any atom is 0.407 e. The standard InChI is InChI=1S/C15H21FN2O5/c1-10(7-8-17-14(19)23-15(2,3)4)22-13-9-11(16)5-6-12(13)18(20)21/h5-6,9-10H,7-8H2,1-4H3,(H,17,19). The van der Waals surface area contributed by atoms with Crippen molar-refractivity contribution in [1.82, 2.24) is 5.32 Å². The van der Waals surface area contributed by atoms with Crippen LogP contribution < -0.4 is 10.1 Å². The molecule has 0 aliphatic carbocycles. The van der Waals surface area contributed by atoms with Crippen molar-refractivity contribution >= 4 is 11.8 Å². The number of benzene rings is 1. The summed E-state index contributed by atoms with van der Waals surface area (Å²) in [5.74, 6) is -0.760. The number of nitrogens with one attached hydrogen (secondary N) is 1. The van der Waals surface area contributed by atoms with Gasteiger partial charge in [0.2, 0.25) is 0 Å². The molecule has 1 unspecified atom stereocenters. The topological polar surface area (TPSA) is 90.7 Å². The Morgan fingerprint density at radius 1 is 1.43 bits per heavy atom. The Hall–Kier alpha value is -2.38. The van der Waals surface area contributed by atoms with Crippen molar-refractivity contribution in [2.24, 2.45) is 0 Å². The van der Waals surface area contributed by atoms with Gasteiger partial charge in [-0.2, -0.15) is 0 Å². The molecule has 1 aromatic rings. The van der Waals surface area contributed by atoms with Gasteiger partial charge in [0.05, 0.1) is 11.0 Å². The van der Waals surface area contributed by atoms with Gasteiger partial charge in [0.15, 0.2) is 5.75 Å². The van der Waals surface area contributed by atoms with E-state index in [1.807, 2.05) is 0 Å². The molecule has 0 aliphatic heterocycles. The Morgan fingerprint density at radius 3 is 2.65 bits per heavy atom. The van der Waals surface area contributed by atoms with Crippen LogP contribution >= 0.6 is 0 Å². The van der Waals surface area contributed by atoms with Gasteiger partial charge in [-0.25, -0.2) is 9.18 Å². The van der Waals surface area contributed by atoms with E-state index in [-0.39, 0.29) is 18.0 Å².